The van der Waals surface area contributed by atoms with Crippen LogP contribution in [0.2, 0.25) is 10.0 Å². The van der Waals surface area contributed by atoms with Crippen LogP contribution in [0.25, 0.3) is 0 Å². The number of carbonyl (C=O) groups excluding carboxylic acids is 1. The Bertz CT molecular complexity index is 465. The van der Waals surface area contributed by atoms with Gasteiger partial charge in [0.1, 0.15) is 0 Å². The molecule has 1 aliphatic rings. The summed E-state index contributed by atoms with van der Waals surface area (Å²) in [4.78, 5) is 14.0. The second kappa shape index (κ2) is 6.60. The average molecular weight is 301 g/mol. The van der Waals surface area contributed by atoms with Gasteiger partial charge in [-0.2, -0.15) is 0 Å². The van der Waals surface area contributed by atoms with Crippen molar-refractivity contribution in [3.63, 3.8) is 0 Å². The number of nitrogens with one attached hydrogen (secondary N) is 1. The number of likely N-dealkylation sites (tertiary alicyclic amines) is 1. The van der Waals surface area contributed by atoms with Crippen molar-refractivity contribution in [3.05, 3.63) is 33.8 Å². The van der Waals surface area contributed by atoms with E-state index in [1.54, 1.807) is 7.05 Å². The van der Waals surface area contributed by atoms with Gasteiger partial charge in [-0.3, -0.25) is 9.69 Å². The molecule has 3 nitrogen and oxygen atoms in total. The molecule has 2 rings (SSSR count). The second-order valence-electron chi connectivity index (χ2n) is 4.94. The molecule has 5 heteroatoms. The number of benzene rings is 1. The zero-order valence-corrected chi connectivity index (χ0v) is 12.5. The molecule has 1 saturated heterocycles. The van der Waals surface area contributed by atoms with E-state index in [9.17, 15) is 4.79 Å². The summed E-state index contributed by atoms with van der Waals surface area (Å²) in [5.41, 5.74) is 1.13. The van der Waals surface area contributed by atoms with E-state index in [0.717, 1.165) is 38.0 Å². The molecule has 1 fully saturated rings. The number of hydrogen-bond donors (Lipinski definition) is 1. The van der Waals surface area contributed by atoms with Crippen LogP contribution >= 0.6 is 23.2 Å². The summed E-state index contributed by atoms with van der Waals surface area (Å²) in [6.07, 6.45) is 2.02. The van der Waals surface area contributed by atoms with Gasteiger partial charge in [-0.05, 0) is 37.1 Å². The van der Waals surface area contributed by atoms with Gasteiger partial charge in [-0.1, -0.05) is 29.3 Å². The normalized spacial score (nSPS) is 20.3. The van der Waals surface area contributed by atoms with Gasteiger partial charge < -0.3 is 5.32 Å². The SMILES string of the molecule is CNC(=O)C1CCCN(Cc2ccc(Cl)c(Cl)c2)C1. The van der Waals surface area contributed by atoms with Crippen molar-refractivity contribution < 1.29 is 4.79 Å². The van der Waals surface area contributed by atoms with Gasteiger partial charge in [0.05, 0.1) is 16.0 Å². The third-order valence-corrected chi connectivity index (χ3v) is 4.25. The van der Waals surface area contributed by atoms with E-state index in [4.69, 9.17) is 23.2 Å². The summed E-state index contributed by atoms with van der Waals surface area (Å²) in [6.45, 7) is 2.64. The topological polar surface area (TPSA) is 32.3 Å². The van der Waals surface area contributed by atoms with E-state index in [0.29, 0.717) is 10.0 Å². The maximum Gasteiger partial charge on any atom is 0.224 e. The molecule has 0 radical (unpaired) electrons. The van der Waals surface area contributed by atoms with Crippen LogP contribution in [0.3, 0.4) is 0 Å². The van der Waals surface area contributed by atoms with Gasteiger partial charge in [0.25, 0.3) is 0 Å². The highest BCUT2D eigenvalue weighted by Crippen LogP contribution is 2.24. The molecule has 1 N–H and O–H groups in total. The van der Waals surface area contributed by atoms with Gasteiger partial charge in [0.2, 0.25) is 5.91 Å². The molecule has 1 heterocycles. The number of halogens is 2. The molecule has 1 aliphatic heterocycles. The summed E-state index contributed by atoms with van der Waals surface area (Å²) in [5, 5.41) is 3.89. The van der Waals surface area contributed by atoms with Crippen molar-refractivity contribution in [1.82, 2.24) is 10.2 Å². The van der Waals surface area contributed by atoms with Crippen LogP contribution in [0.5, 0.6) is 0 Å². The quantitative estimate of drug-likeness (QED) is 0.931. The third-order valence-electron chi connectivity index (χ3n) is 3.51. The molecule has 1 atom stereocenters. The molecular weight excluding hydrogens is 283 g/mol. The van der Waals surface area contributed by atoms with Crippen molar-refractivity contribution >= 4 is 29.1 Å². The molecule has 1 amide bonds. The number of piperidine rings is 1. The maximum absolute atomic E-state index is 11.7. The summed E-state index contributed by atoms with van der Waals surface area (Å²) in [5.74, 6) is 0.236. The molecule has 1 aromatic carbocycles. The highest BCUT2D eigenvalue weighted by molar-refractivity contribution is 6.42. The lowest BCUT2D eigenvalue weighted by molar-refractivity contribution is -0.126. The fourth-order valence-electron chi connectivity index (χ4n) is 2.51. The maximum atomic E-state index is 11.7. The lowest BCUT2D eigenvalue weighted by Crippen LogP contribution is -2.41. The minimum absolute atomic E-state index is 0.0986. The van der Waals surface area contributed by atoms with Crippen molar-refractivity contribution in [2.24, 2.45) is 5.92 Å². The number of carbonyl (C=O) groups is 1. The number of hydrogen-bond acceptors (Lipinski definition) is 2. The Hall–Kier alpha value is -0.770. The fraction of sp³-hybridized carbons (Fsp3) is 0.500. The Morgan fingerprint density at radius 1 is 1.42 bits per heavy atom. The van der Waals surface area contributed by atoms with Crippen LogP contribution in [0.4, 0.5) is 0 Å². The number of nitrogens with zero attached hydrogens (tertiary/aromatic N) is 1. The van der Waals surface area contributed by atoms with E-state index in [-0.39, 0.29) is 11.8 Å². The van der Waals surface area contributed by atoms with Gasteiger partial charge in [-0.15, -0.1) is 0 Å². The van der Waals surface area contributed by atoms with Crippen LogP contribution in [-0.4, -0.2) is 30.9 Å². The van der Waals surface area contributed by atoms with Gasteiger partial charge >= 0.3 is 0 Å². The molecule has 19 heavy (non-hydrogen) atoms. The minimum Gasteiger partial charge on any atom is -0.359 e. The minimum atomic E-state index is 0.0986. The smallest absolute Gasteiger partial charge is 0.224 e. The van der Waals surface area contributed by atoms with E-state index < -0.39 is 0 Å². The van der Waals surface area contributed by atoms with E-state index in [1.165, 1.54) is 0 Å². The van der Waals surface area contributed by atoms with Crippen LogP contribution < -0.4 is 5.32 Å². The zero-order chi connectivity index (χ0) is 13.8. The predicted octanol–water partition coefficient (Wildman–Crippen LogP) is 2.95. The first kappa shape index (κ1) is 14.6. The summed E-state index contributed by atoms with van der Waals surface area (Å²) in [7, 11) is 1.69. The van der Waals surface area contributed by atoms with Crippen LogP contribution in [0, 0.1) is 5.92 Å². The van der Waals surface area contributed by atoms with Gasteiger partial charge in [-0.25, -0.2) is 0 Å². The van der Waals surface area contributed by atoms with Crippen LogP contribution in [0.15, 0.2) is 18.2 Å². The first-order valence-corrected chi connectivity index (χ1v) is 7.23. The molecule has 1 aromatic rings. The molecular formula is C14H18Cl2N2O. The lowest BCUT2D eigenvalue weighted by Gasteiger charge is -2.31. The van der Waals surface area contributed by atoms with Gasteiger partial charge in [0, 0.05) is 20.1 Å². The van der Waals surface area contributed by atoms with E-state index in [1.807, 2.05) is 18.2 Å². The number of rotatable bonds is 3. The largest absolute Gasteiger partial charge is 0.359 e. The Kier molecular flexibility index (Phi) is 5.08. The monoisotopic (exact) mass is 300 g/mol. The first-order chi connectivity index (χ1) is 9.10. The van der Waals surface area contributed by atoms with Crippen molar-refractivity contribution in [2.45, 2.75) is 19.4 Å². The third kappa shape index (κ3) is 3.85. The fourth-order valence-corrected chi connectivity index (χ4v) is 2.83. The molecule has 0 saturated carbocycles. The molecule has 0 bridgehead atoms. The zero-order valence-electron chi connectivity index (χ0n) is 11.0. The van der Waals surface area contributed by atoms with E-state index >= 15 is 0 Å². The lowest BCUT2D eigenvalue weighted by atomic mass is 9.97. The van der Waals surface area contributed by atoms with Crippen molar-refractivity contribution in [3.8, 4) is 0 Å². The van der Waals surface area contributed by atoms with Crippen molar-refractivity contribution in [1.29, 1.82) is 0 Å². The Morgan fingerprint density at radius 3 is 2.89 bits per heavy atom. The molecule has 0 spiro atoms. The van der Waals surface area contributed by atoms with Crippen LogP contribution in [-0.2, 0) is 11.3 Å². The Labute approximate surface area is 123 Å². The summed E-state index contributed by atoms with van der Waals surface area (Å²) >= 11 is 11.9. The highest BCUT2D eigenvalue weighted by Gasteiger charge is 2.24. The Morgan fingerprint density at radius 2 is 2.21 bits per heavy atom. The standard InChI is InChI=1S/C14H18Cl2N2O/c1-17-14(19)11-3-2-6-18(9-11)8-10-4-5-12(15)13(16)7-10/h4-5,7,11H,2-3,6,8-9H2,1H3,(H,17,19). The summed E-state index contributed by atoms with van der Waals surface area (Å²) < 4.78 is 0. The predicted molar refractivity (Wildman–Crippen MR) is 78.5 cm³/mol. The van der Waals surface area contributed by atoms with Crippen LogP contribution in [0.1, 0.15) is 18.4 Å². The molecule has 0 aromatic heterocycles. The second-order valence-corrected chi connectivity index (χ2v) is 5.75. The Balaban J connectivity index is 1.98. The molecule has 1 unspecified atom stereocenters. The number of amides is 1. The van der Waals surface area contributed by atoms with Gasteiger partial charge in [0.15, 0.2) is 0 Å². The molecule has 0 aliphatic carbocycles. The molecule has 104 valence electrons. The highest BCUT2D eigenvalue weighted by atomic mass is 35.5. The summed E-state index contributed by atoms with van der Waals surface area (Å²) in [6, 6.07) is 5.70. The average Bonchev–Trinajstić information content (AvgIpc) is 2.42. The van der Waals surface area contributed by atoms with E-state index in [2.05, 4.69) is 10.2 Å². The first-order valence-electron chi connectivity index (χ1n) is 6.48. The van der Waals surface area contributed by atoms with Crippen molar-refractivity contribution in [2.75, 3.05) is 20.1 Å².